The molecular weight excluding hydrogens is 168 g/mol. The fourth-order valence-electron chi connectivity index (χ4n) is 0.928. The smallest absolute Gasteiger partial charge is 0.143 e. The Morgan fingerprint density at radius 2 is 2.46 bits per heavy atom. The molecule has 1 aromatic heterocycles. The topological polar surface area (TPSA) is 43.7 Å². The van der Waals surface area contributed by atoms with Crippen LogP contribution in [0.2, 0.25) is 0 Å². The number of oxime groups is 1. The first-order valence-electron chi connectivity index (χ1n) is 4.09. The summed E-state index contributed by atoms with van der Waals surface area (Å²) in [6.45, 7) is 1.68. The summed E-state index contributed by atoms with van der Waals surface area (Å²) in [5, 5.41) is 3.89. The molecule has 0 unspecified atom stereocenters. The van der Waals surface area contributed by atoms with Gasteiger partial charge in [0.25, 0.3) is 0 Å². The number of rotatable bonds is 3. The van der Waals surface area contributed by atoms with Crippen LogP contribution < -0.4 is 0 Å². The average Bonchev–Trinajstić information content (AvgIpc) is 2.11. The lowest BCUT2D eigenvalue weighted by atomic mass is 10.3. The third-order valence-electron chi connectivity index (χ3n) is 1.69. The van der Waals surface area contributed by atoms with Crippen LogP contribution in [0.3, 0.4) is 0 Å². The van der Waals surface area contributed by atoms with E-state index in [1.165, 1.54) is 0 Å². The van der Waals surface area contributed by atoms with Gasteiger partial charge in [0.1, 0.15) is 12.3 Å². The minimum atomic E-state index is 0.470. The van der Waals surface area contributed by atoms with Crippen molar-refractivity contribution in [2.45, 2.75) is 6.61 Å². The van der Waals surface area contributed by atoms with Crippen molar-refractivity contribution in [3.8, 4) is 0 Å². The summed E-state index contributed by atoms with van der Waals surface area (Å²) >= 11 is 0. The van der Waals surface area contributed by atoms with Crippen LogP contribution in [0, 0.1) is 0 Å². The lowest BCUT2D eigenvalue weighted by molar-refractivity contribution is 0.103. The highest BCUT2D eigenvalue weighted by molar-refractivity contribution is 5.90. The van der Waals surface area contributed by atoms with Crippen LogP contribution in [0.25, 0.3) is 0 Å². The zero-order valence-corrected chi connectivity index (χ0v) is 7.14. The number of aromatic nitrogens is 1. The number of hydrogen-bond donors (Lipinski definition) is 0. The molecule has 0 radical (unpaired) electrons. The Morgan fingerprint density at radius 3 is 3.08 bits per heavy atom. The molecule has 0 aromatic carbocycles. The van der Waals surface area contributed by atoms with Gasteiger partial charge in [-0.25, -0.2) is 0 Å². The zero-order chi connectivity index (χ0) is 8.93. The van der Waals surface area contributed by atoms with Gasteiger partial charge in [0, 0.05) is 18.0 Å². The van der Waals surface area contributed by atoms with Crippen molar-refractivity contribution in [3.05, 3.63) is 30.1 Å². The molecule has 0 amide bonds. The van der Waals surface area contributed by atoms with Crippen LogP contribution in [0.5, 0.6) is 0 Å². The highest BCUT2D eigenvalue weighted by Crippen LogP contribution is 2.01. The van der Waals surface area contributed by atoms with Crippen molar-refractivity contribution >= 4 is 5.71 Å². The van der Waals surface area contributed by atoms with Gasteiger partial charge in [-0.15, -0.1) is 0 Å². The van der Waals surface area contributed by atoms with Crippen LogP contribution in [-0.4, -0.2) is 23.9 Å². The molecule has 0 saturated carbocycles. The average molecular weight is 178 g/mol. The van der Waals surface area contributed by atoms with Crippen LogP contribution in [0.15, 0.2) is 29.7 Å². The summed E-state index contributed by atoms with van der Waals surface area (Å²) in [5.41, 5.74) is 1.98. The number of nitrogens with zero attached hydrogens (tertiary/aromatic N) is 2. The molecule has 0 bridgehead atoms. The standard InChI is InChI=1S/C9H10N2O2/c1-2-8(4-10-3-1)5-13-11-9-6-12-7-9/h1-4H,5-7H2. The van der Waals surface area contributed by atoms with E-state index in [-0.39, 0.29) is 0 Å². The van der Waals surface area contributed by atoms with Gasteiger partial charge in [-0.1, -0.05) is 11.2 Å². The van der Waals surface area contributed by atoms with Gasteiger partial charge in [-0.05, 0) is 6.07 Å². The Hall–Kier alpha value is -1.42. The molecule has 1 saturated heterocycles. The van der Waals surface area contributed by atoms with Gasteiger partial charge in [0.15, 0.2) is 0 Å². The second-order valence-corrected chi connectivity index (χ2v) is 2.79. The van der Waals surface area contributed by atoms with Crippen LogP contribution in [0.1, 0.15) is 5.56 Å². The first kappa shape index (κ1) is 8.19. The maximum absolute atomic E-state index is 5.09. The molecule has 0 N–H and O–H groups in total. The van der Waals surface area contributed by atoms with Gasteiger partial charge in [-0.3, -0.25) is 4.98 Å². The molecule has 1 aliphatic rings. The molecule has 4 heteroatoms. The molecule has 4 nitrogen and oxygen atoms in total. The minimum Gasteiger partial charge on any atom is -0.391 e. The van der Waals surface area contributed by atoms with Crippen molar-refractivity contribution in [1.82, 2.24) is 4.98 Å². The third kappa shape index (κ3) is 2.26. The van der Waals surface area contributed by atoms with Crippen molar-refractivity contribution in [3.63, 3.8) is 0 Å². The van der Waals surface area contributed by atoms with E-state index in [0.717, 1.165) is 11.3 Å². The predicted octanol–water partition coefficient (Wildman–Crippen LogP) is 0.984. The number of pyridine rings is 1. The van der Waals surface area contributed by atoms with E-state index in [2.05, 4.69) is 10.1 Å². The second-order valence-electron chi connectivity index (χ2n) is 2.79. The molecule has 0 aliphatic carbocycles. The Morgan fingerprint density at radius 1 is 1.54 bits per heavy atom. The third-order valence-corrected chi connectivity index (χ3v) is 1.69. The Kier molecular flexibility index (Phi) is 2.52. The highest BCUT2D eigenvalue weighted by atomic mass is 16.6. The maximum Gasteiger partial charge on any atom is 0.143 e. The van der Waals surface area contributed by atoms with Gasteiger partial charge in [0.2, 0.25) is 0 Å². The summed E-state index contributed by atoms with van der Waals surface area (Å²) < 4.78 is 4.91. The van der Waals surface area contributed by atoms with Gasteiger partial charge < -0.3 is 9.57 Å². The molecular formula is C9H10N2O2. The Balaban J connectivity index is 1.79. The molecule has 2 heterocycles. The van der Waals surface area contributed by atoms with Crippen LogP contribution in [-0.2, 0) is 16.2 Å². The first-order chi connectivity index (χ1) is 6.45. The summed E-state index contributed by atoms with van der Waals surface area (Å²) in [6, 6.07) is 3.82. The van der Waals surface area contributed by atoms with E-state index >= 15 is 0 Å². The summed E-state index contributed by atoms with van der Waals surface area (Å²) in [4.78, 5) is 9.05. The normalized spacial score (nSPS) is 14.9. The lowest BCUT2D eigenvalue weighted by Crippen LogP contribution is -2.27. The zero-order valence-electron chi connectivity index (χ0n) is 7.14. The Bertz CT molecular complexity index is 292. The van der Waals surface area contributed by atoms with E-state index in [0.29, 0.717) is 19.8 Å². The van der Waals surface area contributed by atoms with Crippen LogP contribution >= 0.6 is 0 Å². The molecule has 2 rings (SSSR count). The van der Waals surface area contributed by atoms with Crippen LogP contribution in [0.4, 0.5) is 0 Å². The maximum atomic E-state index is 5.09. The largest absolute Gasteiger partial charge is 0.391 e. The molecule has 0 spiro atoms. The number of ether oxygens (including phenoxy) is 1. The monoisotopic (exact) mass is 178 g/mol. The van der Waals surface area contributed by atoms with Crippen molar-refractivity contribution in [2.75, 3.05) is 13.2 Å². The quantitative estimate of drug-likeness (QED) is 0.648. The summed E-state index contributed by atoms with van der Waals surface area (Å²) in [7, 11) is 0. The van der Waals surface area contributed by atoms with Crippen molar-refractivity contribution in [1.29, 1.82) is 0 Å². The van der Waals surface area contributed by atoms with Gasteiger partial charge in [0.05, 0.1) is 13.2 Å². The Labute approximate surface area is 76.2 Å². The van der Waals surface area contributed by atoms with E-state index in [1.54, 1.807) is 12.4 Å². The van der Waals surface area contributed by atoms with Crippen molar-refractivity contribution < 1.29 is 9.57 Å². The first-order valence-corrected chi connectivity index (χ1v) is 4.09. The number of hydrogen-bond acceptors (Lipinski definition) is 4. The van der Waals surface area contributed by atoms with Gasteiger partial charge >= 0.3 is 0 Å². The minimum absolute atomic E-state index is 0.470. The van der Waals surface area contributed by atoms with Gasteiger partial charge in [-0.2, -0.15) is 0 Å². The molecule has 68 valence electrons. The molecule has 13 heavy (non-hydrogen) atoms. The molecule has 1 fully saturated rings. The predicted molar refractivity (Wildman–Crippen MR) is 47.3 cm³/mol. The van der Waals surface area contributed by atoms with E-state index in [4.69, 9.17) is 9.57 Å². The fraction of sp³-hybridized carbons (Fsp3) is 0.333. The molecule has 0 atom stereocenters. The van der Waals surface area contributed by atoms with Crippen molar-refractivity contribution in [2.24, 2.45) is 5.16 Å². The fourth-order valence-corrected chi connectivity index (χ4v) is 0.928. The molecule has 1 aromatic rings. The lowest BCUT2D eigenvalue weighted by Gasteiger charge is -2.14. The summed E-state index contributed by atoms with van der Waals surface area (Å²) in [5.74, 6) is 0. The molecule has 1 aliphatic heterocycles. The highest BCUT2D eigenvalue weighted by Gasteiger charge is 2.10. The van der Waals surface area contributed by atoms with E-state index in [1.807, 2.05) is 12.1 Å². The SMILES string of the molecule is c1cncc(CON=C2COC2)c1. The second kappa shape index (κ2) is 4.00. The summed E-state index contributed by atoms with van der Waals surface area (Å²) in [6.07, 6.45) is 3.49. The van der Waals surface area contributed by atoms with E-state index in [9.17, 15) is 0 Å². The van der Waals surface area contributed by atoms with E-state index < -0.39 is 0 Å².